The van der Waals surface area contributed by atoms with Crippen LogP contribution in [0.15, 0.2) is 29.6 Å². The molecule has 206 valence electrons. The third kappa shape index (κ3) is 6.34. The molecule has 2 N–H and O–H groups in total. The predicted octanol–water partition coefficient (Wildman–Crippen LogP) is 5.22. The van der Waals surface area contributed by atoms with Crippen molar-refractivity contribution in [2.45, 2.75) is 96.2 Å². The molecular formula is C30H42N4O3S. The molecule has 1 aromatic carbocycles. The van der Waals surface area contributed by atoms with E-state index >= 15 is 0 Å². The van der Waals surface area contributed by atoms with E-state index in [4.69, 9.17) is 4.98 Å². The fraction of sp³-hybridized carbons (Fsp3) is 0.600. The van der Waals surface area contributed by atoms with Crippen LogP contribution in [0.25, 0.3) is 0 Å². The highest BCUT2D eigenvalue weighted by molar-refractivity contribution is 7.10. The van der Waals surface area contributed by atoms with Gasteiger partial charge in [0.25, 0.3) is 0 Å². The Balaban J connectivity index is 1.54. The van der Waals surface area contributed by atoms with Gasteiger partial charge in [-0.05, 0) is 62.6 Å². The number of likely N-dealkylation sites (tertiary alicyclic amines) is 1. The Kier molecular flexibility index (Phi) is 9.71. The Morgan fingerprint density at radius 2 is 1.87 bits per heavy atom. The van der Waals surface area contributed by atoms with E-state index in [9.17, 15) is 14.4 Å². The number of hydrogen-bond donors (Lipinski definition) is 2. The maximum Gasteiger partial charge on any atom is 0.246 e. The van der Waals surface area contributed by atoms with Crippen molar-refractivity contribution in [1.82, 2.24) is 20.5 Å². The molecule has 1 saturated carbocycles. The maximum atomic E-state index is 14.0. The summed E-state index contributed by atoms with van der Waals surface area (Å²) in [5.74, 6) is 0.283. The van der Waals surface area contributed by atoms with Crippen molar-refractivity contribution in [1.29, 1.82) is 0 Å². The summed E-state index contributed by atoms with van der Waals surface area (Å²) in [6.07, 6.45) is 7.63. The first-order chi connectivity index (χ1) is 18.3. The van der Waals surface area contributed by atoms with Gasteiger partial charge < -0.3 is 15.5 Å². The number of nitrogens with one attached hydrogen (secondary N) is 2. The van der Waals surface area contributed by atoms with E-state index in [1.165, 1.54) is 17.8 Å². The first-order valence-corrected chi connectivity index (χ1v) is 15.1. The van der Waals surface area contributed by atoms with Crippen LogP contribution in [-0.4, -0.2) is 53.2 Å². The lowest BCUT2D eigenvalue weighted by atomic mass is 9.83. The molecule has 1 aromatic heterocycles. The molecule has 1 saturated heterocycles. The summed E-state index contributed by atoms with van der Waals surface area (Å²) in [4.78, 5) is 46.9. The molecule has 7 nitrogen and oxygen atoms in total. The highest BCUT2D eigenvalue weighted by atomic mass is 32.1. The van der Waals surface area contributed by atoms with Crippen LogP contribution < -0.4 is 10.6 Å². The summed E-state index contributed by atoms with van der Waals surface area (Å²) >= 11 is 1.45. The fourth-order valence-corrected chi connectivity index (χ4v) is 6.77. The lowest BCUT2D eigenvalue weighted by molar-refractivity contribution is -0.139. The number of thiazole rings is 1. The molecule has 38 heavy (non-hydrogen) atoms. The second kappa shape index (κ2) is 13.0. The molecule has 0 spiro atoms. The highest BCUT2D eigenvalue weighted by Gasteiger charge is 2.40. The van der Waals surface area contributed by atoms with Crippen LogP contribution in [0, 0.1) is 5.92 Å². The number of benzene rings is 1. The van der Waals surface area contributed by atoms with Crippen molar-refractivity contribution in [3.8, 4) is 0 Å². The van der Waals surface area contributed by atoms with Gasteiger partial charge >= 0.3 is 0 Å². The van der Waals surface area contributed by atoms with Crippen LogP contribution in [0.2, 0.25) is 0 Å². The number of aromatic nitrogens is 1. The van der Waals surface area contributed by atoms with Crippen LogP contribution in [0.1, 0.15) is 111 Å². The Labute approximate surface area is 230 Å². The molecule has 4 rings (SSSR count). The van der Waals surface area contributed by atoms with E-state index in [0.29, 0.717) is 30.1 Å². The van der Waals surface area contributed by atoms with Crippen molar-refractivity contribution < 1.29 is 14.4 Å². The number of carbonyl (C=O) groups is 3. The van der Waals surface area contributed by atoms with Crippen LogP contribution in [0.5, 0.6) is 0 Å². The number of rotatable bonds is 10. The van der Waals surface area contributed by atoms with Crippen molar-refractivity contribution in [2.75, 3.05) is 13.6 Å². The van der Waals surface area contributed by atoms with E-state index < -0.39 is 6.04 Å². The molecular weight excluding hydrogens is 496 g/mol. The van der Waals surface area contributed by atoms with Gasteiger partial charge in [-0.15, -0.1) is 11.3 Å². The summed E-state index contributed by atoms with van der Waals surface area (Å²) in [5.41, 5.74) is 2.20. The standard InChI is InChI=1S/C30H42N4O3S/c1-5-23(31-4)28(36)33-26(20-11-7-6-8-12-20)30(37)34-16-10-15-25(34)29-32-24(18-38-29)27(35)22-14-9-13-21(17-22)19(2)3/h9,13-14,17-20,23,25-26,31H,5-8,10-12,15-16H2,1-4H3,(H,33,36)/t23-,25-,26-/m0/s1. The Bertz CT molecular complexity index is 1120. The number of hydrogen-bond acceptors (Lipinski definition) is 6. The topological polar surface area (TPSA) is 91.4 Å². The fourth-order valence-electron chi connectivity index (χ4n) is 5.82. The summed E-state index contributed by atoms with van der Waals surface area (Å²) in [6, 6.07) is 6.75. The van der Waals surface area contributed by atoms with Crippen molar-refractivity contribution >= 4 is 28.9 Å². The summed E-state index contributed by atoms with van der Waals surface area (Å²) in [5, 5.41) is 8.81. The Hall–Kier alpha value is -2.58. The van der Waals surface area contributed by atoms with Gasteiger partial charge in [-0.3, -0.25) is 14.4 Å². The van der Waals surface area contributed by atoms with E-state index in [1.54, 1.807) is 7.05 Å². The van der Waals surface area contributed by atoms with E-state index in [-0.39, 0.29) is 35.6 Å². The van der Waals surface area contributed by atoms with Crippen LogP contribution >= 0.6 is 11.3 Å². The molecule has 2 heterocycles. The first kappa shape index (κ1) is 28.4. The molecule has 0 unspecified atom stereocenters. The molecule has 8 heteroatoms. The maximum absolute atomic E-state index is 14.0. The van der Waals surface area contributed by atoms with E-state index in [0.717, 1.165) is 49.1 Å². The monoisotopic (exact) mass is 538 g/mol. The molecule has 2 aromatic rings. The SMILES string of the molecule is CC[C@H](NC)C(=O)N[C@H](C(=O)N1CCC[C@H]1c1nc(C(=O)c2cccc(C(C)C)c2)cs1)C1CCCCC1. The number of amides is 2. The molecule has 1 aliphatic carbocycles. The first-order valence-electron chi connectivity index (χ1n) is 14.2. The van der Waals surface area contributed by atoms with Gasteiger partial charge in [0.2, 0.25) is 17.6 Å². The van der Waals surface area contributed by atoms with Gasteiger partial charge in [0, 0.05) is 17.5 Å². The quantitative estimate of drug-likeness (QED) is 0.405. The minimum atomic E-state index is -0.523. The molecule has 1 aliphatic heterocycles. The van der Waals surface area contributed by atoms with Gasteiger partial charge in [-0.2, -0.15) is 0 Å². The zero-order valence-corrected chi connectivity index (χ0v) is 24.0. The van der Waals surface area contributed by atoms with E-state index in [2.05, 4.69) is 24.5 Å². The lowest BCUT2D eigenvalue weighted by Gasteiger charge is -2.35. The number of likely N-dealkylation sites (N-methyl/N-ethyl adjacent to an activating group) is 1. The van der Waals surface area contributed by atoms with Gasteiger partial charge in [-0.25, -0.2) is 4.98 Å². The summed E-state index contributed by atoms with van der Waals surface area (Å²) < 4.78 is 0. The van der Waals surface area contributed by atoms with Crippen LogP contribution in [-0.2, 0) is 9.59 Å². The molecule has 2 fully saturated rings. The minimum absolute atomic E-state index is 0.00795. The zero-order valence-electron chi connectivity index (χ0n) is 23.2. The molecule has 0 radical (unpaired) electrons. The van der Waals surface area contributed by atoms with Gasteiger partial charge in [0.1, 0.15) is 16.7 Å². The van der Waals surface area contributed by atoms with Crippen LogP contribution in [0.3, 0.4) is 0 Å². The van der Waals surface area contributed by atoms with Crippen molar-refractivity contribution in [3.05, 3.63) is 51.5 Å². The Morgan fingerprint density at radius 3 is 2.55 bits per heavy atom. The van der Waals surface area contributed by atoms with Crippen molar-refractivity contribution in [2.24, 2.45) is 5.92 Å². The lowest BCUT2D eigenvalue weighted by Crippen LogP contribution is -2.56. The number of nitrogens with zero attached hydrogens (tertiary/aromatic N) is 2. The highest BCUT2D eigenvalue weighted by Crippen LogP contribution is 2.36. The average Bonchev–Trinajstić information content (AvgIpc) is 3.62. The molecule has 0 bridgehead atoms. The largest absolute Gasteiger partial charge is 0.343 e. The smallest absolute Gasteiger partial charge is 0.246 e. The van der Waals surface area contributed by atoms with Gasteiger partial charge in [-0.1, -0.05) is 58.2 Å². The second-order valence-corrected chi connectivity index (χ2v) is 11.9. The van der Waals surface area contributed by atoms with Crippen molar-refractivity contribution in [3.63, 3.8) is 0 Å². The molecule has 2 aliphatic rings. The Morgan fingerprint density at radius 1 is 1.11 bits per heavy atom. The van der Waals surface area contributed by atoms with Crippen LogP contribution in [0.4, 0.5) is 0 Å². The van der Waals surface area contributed by atoms with E-state index in [1.807, 2.05) is 41.5 Å². The van der Waals surface area contributed by atoms with Gasteiger partial charge in [0.05, 0.1) is 12.1 Å². The third-order valence-corrected chi connectivity index (χ3v) is 9.10. The van der Waals surface area contributed by atoms with Gasteiger partial charge in [0.15, 0.2) is 0 Å². The molecule has 2 amide bonds. The molecule has 3 atom stereocenters. The zero-order chi connectivity index (χ0) is 27.2. The normalized spacial score (nSPS) is 19.9. The number of ketones is 1. The second-order valence-electron chi connectivity index (χ2n) is 11.0. The predicted molar refractivity (Wildman–Crippen MR) is 151 cm³/mol. The number of carbonyl (C=O) groups excluding carboxylic acids is 3. The summed E-state index contributed by atoms with van der Waals surface area (Å²) in [6.45, 7) is 6.83. The third-order valence-electron chi connectivity index (χ3n) is 8.15. The summed E-state index contributed by atoms with van der Waals surface area (Å²) in [7, 11) is 1.78. The average molecular weight is 539 g/mol. The minimum Gasteiger partial charge on any atom is -0.343 e.